The van der Waals surface area contributed by atoms with Crippen LogP contribution < -0.4 is 10.6 Å². The number of carbonyl (C=O) groups excluding carboxylic acids is 2. The molecule has 0 radical (unpaired) electrons. The number of morpholine rings is 1. The Kier molecular flexibility index (Phi) is 10.7. The third kappa shape index (κ3) is 9.33. The van der Waals surface area contributed by atoms with Crippen LogP contribution in [0.25, 0.3) is 0 Å². The SMILES string of the molecule is CC(C)C[C@H](NC(=O)N1CCOCC1)C(=O)N[C@H](/C=C/S(=O)(=O)c1ccccc1)CCc1ccccc1. The van der Waals surface area contributed by atoms with Gasteiger partial charge in [-0.3, -0.25) is 4.79 Å². The second-order valence-electron chi connectivity index (χ2n) is 9.56. The number of amides is 3. The summed E-state index contributed by atoms with van der Waals surface area (Å²) in [6.07, 6.45) is 3.14. The van der Waals surface area contributed by atoms with E-state index in [9.17, 15) is 18.0 Å². The Morgan fingerprint density at radius 2 is 1.59 bits per heavy atom. The van der Waals surface area contributed by atoms with Gasteiger partial charge in [-0.05, 0) is 42.9 Å². The van der Waals surface area contributed by atoms with Gasteiger partial charge in [0.1, 0.15) is 6.04 Å². The molecule has 2 aromatic carbocycles. The molecule has 200 valence electrons. The van der Waals surface area contributed by atoms with Crippen molar-refractivity contribution in [1.29, 1.82) is 0 Å². The van der Waals surface area contributed by atoms with Crippen molar-refractivity contribution in [2.24, 2.45) is 5.92 Å². The lowest BCUT2D eigenvalue weighted by atomic mass is 10.0. The molecule has 2 aromatic rings. The number of aryl methyl sites for hydroxylation is 1. The minimum absolute atomic E-state index is 0.164. The first-order valence-electron chi connectivity index (χ1n) is 12.7. The van der Waals surface area contributed by atoms with E-state index in [1.807, 2.05) is 44.2 Å². The Bertz CT molecular complexity index is 1130. The normalized spacial score (nSPS) is 15.9. The van der Waals surface area contributed by atoms with E-state index >= 15 is 0 Å². The second kappa shape index (κ2) is 13.9. The van der Waals surface area contributed by atoms with Crippen LogP contribution in [-0.2, 0) is 25.8 Å². The molecular weight excluding hydrogens is 490 g/mol. The van der Waals surface area contributed by atoms with Crippen molar-refractivity contribution in [3.05, 3.63) is 77.7 Å². The van der Waals surface area contributed by atoms with Gasteiger partial charge in [0.15, 0.2) is 9.84 Å². The summed E-state index contributed by atoms with van der Waals surface area (Å²) in [7, 11) is -3.67. The molecule has 1 heterocycles. The summed E-state index contributed by atoms with van der Waals surface area (Å²) in [6, 6.07) is 16.4. The molecule has 37 heavy (non-hydrogen) atoms. The number of hydrogen-bond donors (Lipinski definition) is 2. The number of benzene rings is 2. The molecule has 2 atom stereocenters. The minimum atomic E-state index is -3.67. The van der Waals surface area contributed by atoms with Crippen LogP contribution >= 0.6 is 0 Å². The van der Waals surface area contributed by atoms with Gasteiger partial charge < -0.3 is 20.3 Å². The molecule has 1 saturated heterocycles. The number of hydrogen-bond acceptors (Lipinski definition) is 5. The van der Waals surface area contributed by atoms with Crippen molar-refractivity contribution < 1.29 is 22.7 Å². The molecule has 0 spiro atoms. The van der Waals surface area contributed by atoms with Gasteiger partial charge in [-0.1, -0.05) is 68.5 Å². The highest BCUT2D eigenvalue weighted by Gasteiger charge is 2.27. The first-order valence-corrected chi connectivity index (χ1v) is 14.2. The van der Waals surface area contributed by atoms with Gasteiger partial charge in [0, 0.05) is 24.5 Å². The number of nitrogens with zero attached hydrogens (tertiary/aromatic N) is 1. The fourth-order valence-corrected chi connectivity index (χ4v) is 5.15. The molecule has 3 amide bonds. The van der Waals surface area contributed by atoms with Crippen molar-refractivity contribution >= 4 is 21.8 Å². The van der Waals surface area contributed by atoms with Crippen molar-refractivity contribution in [2.45, 2.75) is 50.1 Å². The summed E-state index contributed by atoms with van der Waals surface area (Å²) >= 11 is 0. The molecule has 0 aliphatic carbocycles. The van der Waals surface area contributed by atoms with Crippen LogP contribution in [0.3, 0.4) is 0 Å². The maximum Gasteiger partial charge on any atom is 0.318 e. The van der Waals surface area contributed by atoms with E-state index in [1.54, 1.807) is 23.1 Å². The Morgan fingerprint density at radius 3 is 2.22 bits per heavy atom. The zero-order valence-corrected chi connectivity index (χ0v) is 22.3. The Morgan fingerprint density at radius 1 is 0.973 bits per heavy atom. The monoisotopic (exact) mass is 527 g/mol. The van der Waals surface area contributed by atoms with Crippen LogP contribution in [0.4, 0.5) is 4.79 Å². The van der Waals surface area contributed by atoms with Gasteiger partial charge >= 0.3 is 6.03 Å². The molecule has 1 fully saturated rings. The molecule has 1 aliphatic heterocycles. The molecule has 9 heteroatoms. The van der Waals surface area contributed by atoms with Crippen LogP contribution in [-0.4, -0.2) is 63.6 Å². The van der Waals surface area contributed by atoms with Crippen molar-refractivity contribution in [1.82, 2.24) is 15.5 Å². The van der Waals surface area contributed by atoms with Gasteiger partial charge in [0.25, 0.3) is 0 Å². The van der Waals surface area contributed by atoms with Crippen LogP contribution in [0.5, 0.6) is 0 Å². The lowest BCUT2D eigenvalue weighted by molar-refractivity contribution is -0.123. The average molecular weight is 528 g/mol. The molecule has 0 saturated carbocycles. The number of nitrogens with one attached hydrogen (secondary N) is 2. The van der Waals surface area contributed by atoms with Crippen molar-refractivity contribution in [2.75, 3.05) is 26.3 Å². The Labute approximate surface area is 220 Å². The van der Waals surface area contributed by atoms with E-state index in [2.05, 4.69) is 10.6 Å². The molecule has 0 aromatic heterocycles. The highest BCUT2D eigenvalue weighted by molar-refractivity contribution is 7.94. The van der Waals surface area contributed by atoms with E-state index in [0.29, 0.717) is 45.6 Å². The molecule has 8 nitrogen and oxygen atoms in total. The van der Waals surface area contributed by atoms with E-state index in [1.165, 1.54) is 18.2 Å². The lowest BCUT2D eigenvalue weighted by Crippen LogP contribution is -2.54. The van der Waals surface area contributed by atoms with Gasteiger partial charge in [-0.2, -0.15) is 0 Å². The number of carbonyl (C=O) groups is 2. The maximum atomic E-state index is 13.4. The standard InChI is InChI=1S/C28H37N3O5S/c1-22(2)21-26(30-28(33)31-16-18-36-19-17-31)27(32)29-24(14-13-23-9-5-3-6-10-23)15-20-37(34,35)25-11-7-4-8-12-25/h3-12,15,20,22,24,26H,13-14,16-19,21H2,1-2H3,(H,29,32)(H,30,33)/b20-15+/t24-,26-/m0/s1. The maximum absolute atomic E-state index is 13.4. The molecular formula is C28H37N3O5S. The van der Waals surface area contributed by atoms with E-state index < -0.39 is 21.9 Å². The predicted molar refractivity (Wildman–Crippen MR) is 144 cm³/mol. The van der Waals surface area contributed by atoms with Gasteiger partial charge in [0.05, 0.1) is 18.1 Å². The number of rotatable bonds is 11. The van der Waals surface area contributed by atoms with Crippen LogP contribution in [0.1, 0.15) is 32.3 Å². The van der Waals surface area contributed by atoms with Crippen LogP contribution in [0, 0.1) is 5.92 Å². The average Bonchev–Trinajstić information content (AvgIpc) is 2.91. The topological polar surface area (TPSA) is 105 Å². The molecule has 0 bridgehead atoms. The fourth-order valence-electron chi connectivity index (χ4n) is 4.06. The zero-order chi connectivity index (χ0) is 26.7. The van der Waals surface area contributed by atoms with E-state index in [-0.39, 0.29) is 22.8 Å². The summed E-state index contributed by atoms with van der Waals surface area (Å²) < 4.78 is 31.0. The second-order valence-corrected chi connectivity index (χ2v) is 11.4. The third-order valence-electron chi connectivity index (χ3n) is 6.10. The first-order chi connectivity index (χ1) is 17.7. The van der Waals surface area contributed by atoms with Gasteiger partial charge in [-0.15, -0.1) is 0 Å². The molecule has 2 N–H and O–H groups in total. The van der Waals surface area contributed by atoms with Crippen LogP contribution in [0.2, 0.25) is 0 Å². The van der Waals surface area contributed by atoms with E-state index in [0.717, 1.165) is 11.0 Å². The fraction of sp³-hybridized carbons (Fsp3) is 0.429. The molecule has 3 rings (SSSR count). The van der Waals surface area contributed by atoms with Crippen molar-refractivity contribution in [3.63, 3.8) is 0 Å². The highest BCUT2D eigenvalue weighted by Crippen LogP contribution is 2.14. The Balaban J connectivity index is 1.75. The summed E-state index contributed by atoms with van der Waals surface area (Å²) in [5.41, 5.74) is 1.08. The largest absolute Gasteiger partial charge is 0.378 e. The lowest BCUT2D eigenvalue weighted by Gasteiger charge is -2.30. The number of sulfone groups is 1. The quantitative estimate of drug-likeness (QED) is 0.465. The Hall–Kier alpha value is -3.17. The smallest absolute Gasteiger partial charge is 0.318 e. The van der Waals surface area contributed by atoms with Crippen molar-refractivity contribution in [3.8, 4) is 0 Å². The molecule has 0 unspecified atom stereocenters. The summed E-state index contributed by atoms with van der Waals surface area (Å²) in [5, 5.41) is 7.00. The third-order valence-corrected chi connectivity index (χ3v) is 7.54. The van der Waals surface area contributed by atoms with Gasteiger partial charge in [-0.25, -0.2) is 13.2 Å². The first kappa shape index (κ1) is 28.4. The zero-order valence-electron chi connectivity index (χ0n) is 21.5. The van der Waals surface area contributed by atoms with Gasteiger partial charge in [0.2, 0.25) is 5.91 Å². The number of ether oxygens (including phenoxy) is 1. The highest BCUT2D eigenvalue weighted by atomic mass is 32.2. The predicted octanol–water partition coefficient (Wildman–Crippen LogP) is 3.55. The molecule has 1 aliphatic rings. The summed E-state index contributed by atoms with van der Waals surface area (Å²) in [4.78, 5) is 28.0. The summed E-state index contributed by atoms with van der Waals surface area (Å²) in [6.45, 7) is 5.86. The number of urea groups is 1. The summed E-state index contributed by atoms with van der Waals surface area (Å²) in [5.74, 6) is -0.173. The van der Waals surface area contributed by atoms with Crippen LogP contribution in [0.15, 0.2) is 77.0 Å². The van der Waals surface area contributed by atoms with E-state index in [4.69, 9.17) is 4.74 Å². The minimum Gasteiger partial charge on any atom is -0.378 e.